The molecular weight excluding hydrogens is 434 g/mol. The third-order valence-corrected chi connectivity index (χ3v) is 6.90. The van der Waals surface area contributed by atoms with Crippen molar-refractivity contribution in [2.24, 2.45) is 5.92 Å². The van der Waals surface area contributed by atoms with E-state index < -0.39 is 0 Å². The van der Waals surface area contributed by atoms with Crippen molar-refractivity contribution in [1.82, 2.24) is 24.6 Å². The third-order valence-electron chi connectivity index (χ3n) is 6.90. The number of piperazine rings is 1. The van der Waals surface area contributed by atoms with Crippen LogP contribution in [0, 0.1) is 5.92 Å². The van der Waals surface area contributed by atoms with Gasteiger partial charge in [-0.25, -0.2) is 4.98 Å². The number of hydrogen-bond donors (Lipinski definition) is 1. The summed E-state index contributed by atoms with van der Waals surface area (Å²) in [5, 5.41) is 10.1. The summed E-state index contributed by atoms with van der Waals surface area (Å²) in [7, 11) is 0. The molecule has 190 valence electrons. The van der Waals surface area contributed by atoms with Gasteiger partial charge in [-0.3, -0.25) is 19.4 Å². The molecule has 0 aromatic carbocycles. The normalized spacial score (nSPS) is 20.8. The van der Waals surface area contributed by atoms with Gasteiger partial charge in [0.15, 0.2) is 5.69 Å². The average molecular weight is 476 g/mol. The van der Waals surface area contributed by atoms with Gasteiger partial charge in [-0.15, -0.1) is 6.58 Å². The van der Waals surface area contributed by atoms with E-state index in [0.29, 0.717) is 50.9 Å². The number of nitrogens with zero attached hydrogens (tertiary/aromatic N) is 5. The number of likely N-dealkylation sites (tertiary alicyclic amines) is 1. The number of carbonyl (C=O) groups excluding carboxylic acids is 2. The predicted octanol–water partition coefficient (Wildman–Crippen LogP) is 1.84. The number of oxazole rings is 1. The van der Waals surface area contributed by atoms with E-state index >= 15 is 0 Å². The number of aromatic nitrogens is 1. The highest BCUT2D eigenvalue weighted by Crippen LogP contribution is 2.21. The molecule has 1 aromatic heterocycles. The number of carbonyl (C=O) groups is 2. The van der Waals surface area contributed by atoms with E-state index in [9.17, 15) is 14.7 Å². The molecule has 0 aliphatic carbocycles. The van der Waals surface area contributed by atoms with E-state index in [2.05, 4.69) is 21.4 Å². The van der Waals surface area contributed by atoms with Crippen molar-refractivity contribution < 1.29 is 19.1 Å². The second kappa shape index (κ2) is 13.0. The molecule has 0 bridgehead atoms. The van der Waals surface area contributed by atoms with Crippen LogP contribution in [0.1, 0.15) is 55.9 Å². The molecule has 3 rings (SSSR count). The fraction of sp³-hybridized carbons (Fsp3) is 0.720. The van der Waals surface area contributed by atoms with Crippen molar-refractivity contribution in [2.75, 3.05) is 58.9 Å². The maximum atomic E-state index is 13.0. The lowest BCUT2D eigenvalue weighted by molar-refractivity contribution is -0.136. The minimum absolute atomic E-state index is 0.135. The highest BCUT2D eigenvalue weighted by Gasteiger charge is 2.32. The molecule has 34 heavy (non-hydrogen) atoms. The molecule has 9 nitrogen and oxygen atoms in total. The third kappa shape index (κ3) is 7.13. The maximum absolute atomic E-state index is 13.0. The van der Waals surface area contributed by atoms with Crippen LogP contribution in [-0.4, -0.2) is 107 Å². The quantitative estimate of drug-likeness (QED) is 0.488. The number of aliphatic hydroxyl groups is 1. The standard InChI is InChI=1S/C25H41N5O4/c1-4-7-10-21(31)17-27-12-14-28(15-13-27)18-23-26-22(19-34-23)25(33)30-11-8-9-20(16-30)24(32)29(5-2)6-3/h4,19-21,31H,1,5-18H2,2-3H3/t20-,21-/m0/s1. The van der Waals surface area contributed by atoms with Gasteiger partial charge in [0.2, 0.25) is 11.8 Å². The molecule has 0 radical (unpaired) electrons. The molecule has 2 amide bonds. The monoisotopic (exact) mass is 475 g/mol. The van der Waals surface area contributed by atoms with E-state index in [0.717, 1.165) is 51.9 Å². The van der Waals surface area contributed by atoms with E-state index in [1.54, 1.807) is 4.90 Å². The Morgan fingerprint density at radius 1 is 1.24 bits per heavy atom. The molecule has 2 fully saturated rings. The van der Waals surface area contributed by atoms with Gasteiger partial charge in [0.1, 0.15) is 6.26 Å². The van der Waals surface area contributed by atoms with Crippen LogP contribution < -0.4 is 0 Å². The zero-order valence-corrected chi connectivity index (χ0v) is 20.8. The van der Waals surface area contributed by atoms with Crippen LogP contribution >= 0.6 is 0 Å². The van der Waals surface area contributed by atoms with E-state index in [1.807, 2.05) is 24.8 Å². The number of amides is 2. The number of piperidine rings is 1. The summed E-state index contributed by atoms with van der Waals surface area (Å²) in [5.74, 6) is 0.368. The zero-order chi connectivity index (χ0) is 24.5. The van der Waals surface area contributed by atoms with Crippen LogP contribution in [0.15, 0.2) is 23.3 Å². The minimum atomic E-state index is -0.318. The Labute approximate surface area is 203 Å². The Hall–Kier alpha value is -2.23. The molecule has 0 saturated carbocycles. The van der Waals surface area contributed by atoms with Gasteiger partial charge in [-0.05, 0) is 39.5 Å². The van der Waals surface area contributed by atoms with Crippen molar-refractivity contribution in [3.05, 3.63) is 30.5 Å². The Bertz CT molecular complexity index is 801. The van der Waals surface area contributed by atoms with Gasteiger partial charge in [0, 0.05) is 58.9 Å². The number of rotatable bonds is 11. The van der Waals surface area contributed by atoms with Gasteiger partial charge < -0.3 is 19.3 Å². The summed E-state index contributed by atoms with van der Waals surface area (Å²) >= 11 is 0. The lowest BCUT2D eigenvalue weighted by Crippen LogP contribution is -2.48. The summed E-state index contributed by atoms with van der Waals surface area (Å²) in [6, 6.07) is 0. The summed E-state index contributed by atoms with van der Waals surface area (Å²) in [6.07, 6.45) is 6.18. The first-order valence-electron chi connectivity index (χ1n) is 12.7. The first kappa shape index (κ1) is 26.4. The van der Waals surface area contributed by atoms with Crippen molar-refractivity contribution in [1.29, 1.82) is 0 Å². The maximum Gasteiger partial charge on any atom is 0.275 e. The van der Waals surface area contributed by atoms with Crippen molar-refractivity contribution in [3.63, 3.8) is 0 Å². The SMILES string of the molecule is C=CCC[C@H](O)CN1CCN(Cc2nc(C(=O)N3CCC[C@H](C(=O)N(CC)CC)C3)co2)CC1. The number of β-amino-alcohol motifs (C(OH)–C–C–N with tert-alkyl or cyclic N) is 1. The molecule has 0 unspecified atom stereocenters. The first-order chi connectivity index (χ1) is 16.4. The molecule has 3 heterocycles. The lowest BCUT2D eigenvalue weighted by atomic mass is 9.96. The van der Waals surface area contributed by atoms with Crippen LogP contribution in [0.25, 0.3) is 0 Å². The highest BCUT2D eigenvalue weighted by molar-refractivity contribution is 5.92. The largest absolute Gasteiger partial charge is 0.447 e. The van der Waals surface area contributed by atoms with Crippen LogP contribution in [0.2, 0.25) is 0 Å². The van der Waals surface area contributed by atoms with E-state index in [1.165, 1.54) is 6.26 Å². The number of hydrogen-bond acceptors (Lipinski definition) is 7. The van der Waals surface area contributed by atoms with Gasteiger partial charge in [-0.2, -0.15) is 0 Å². The molecular formula is C25H41N5O4. The zero-order valence-electron chi connectivity index (χ0n) is 20.8. The van der Waals surface area contributed by atoms with Gasteiger partial charge >= 0.3 is 0 Å². The second-order valence-electron chi connectivity index (χ2n) is 9.32. The number of allylic oxidation sites excluding steroid dienone is 1. The van der Waals surface area contributed by atoms with Gasteiger partial charge in [-0.1, -0.05) is 6.08 Å². The van der Waals surface area contributed by atoms with Crippen LogP contribution in [0.4, 0.5) is 0 Å². The van der Waals surface area contributed by atoms with Crippen molar-refractivity contribution in [2.45, 2.75) is 52.2 Å². The summed E-state index contributed by atoms with van der Waals surface area (Å²) < 4.78 is 5.62. The van der Waals surface area contributed by atoms with Crippen molar-refractivity contribution >= 4 is 11.8 Å². The summed E-state index contributed by atoms with van der Waals surface area (Å²) in [6.45, 7) is 14.9. The predicted molar refractivity (Wildman–Crippen MR) is 130 cm³/mol. The highest BCUT2D eigenvalue weighted by atomic mass is 16.3. The lowest BCUT2D eigenvalue weighted by Gasteiger charge is -2.35. The van der Waals surface area contributed by atoms with E-state index in [4.69, 9.17) is 4.42 Å². The molecule has 2 saturated heterocycles. The van der Waals surface area contributed by atoms with Crippen LogP contribution in [0.3, 0.4) is 0 Å². The Morgan fingerprint density at radius 2 is 1.94 bits per heavy atom. The molecule has 2 aliphatic rings. The summed E-state index contributed by atoms with van der Waals surface area (Å²) in [4.78, 5) is 38.4. The Kier molecular flexibility index (Phi) is 10.1. The topological polar surface area (TPSA) is 93.4 Å². The Balaban J connectivity index is 1.47. The van der Waals surface area contributed by atoms with E-state index in [-0.39, 0.29) is 23.8 Å². The number of aliphatic hydroxyl groups excluding tert-OH is 1. The molecule has 2 aliphatic heterocycles. The van der Waals surface area contributed by atoms with Gasteiger partial charge in [0.05, 0.1) is 18.6 Å². The molecule has 0 spiro atoms. The fourth-order valence-electron chi connectivity index (χ4n) is 4.82. The molecule has 1 N–H and O–H groups in total. The summed E-state index contributed by atoms with van der Waals surface area (Å²) in [5.41, 5.74) is 0.315. The molecule has 2 atom stereocenters. The van der Waals surface area contributed by atoms with Crippen molar-refractivity contribution in [3.8, 4) is 0 Å². The smallest absolute Gasteiger partial charge is 0.275 e. The second-order valence-corrected chi connectivity index (χ2v) is 9.32. The van der Waals surface area contributed by atoms with Crippen LogP contribution in [0.5, 0.6) is 0 Å². The molecule has 9 heteroatoms. The average Bonchev–Trinajstić information content (AvgIpc) is 3.32. The Morgan fingerprint density at radius 3 is 2.62 bits per heavy atom. The fourth-order valence-corrected chi connectivity index (χ4v) is 4.82. The minimum Gasteiger partial charge on any atom is -0.447 e. The first-order valence-corrected chi connectivity index (χ1v) is 12.7. The van der Waals surface area contributed by atoms with Gasteiger partial charge in [0.25, 0.3) is 5.91 Å². The van der Waals surface area contributed by atoms with Crippen LogP contribution in [-0.2, 0) is 11.3 Å². The molecule has 1 aromatic rings.